The van der Waals surface area contributed by atoms with E-state index < -0.39 is 0 Å². The molecule has 0 aromatic rings. The van der Waals surface area contributed by atoms with Gasteiger partial charge < -0.3 is 9.80 Å². The first-order valence-corrected chi connectivity index (χ1v) is 3.38. The summed E-state index contributed by atoms with van der Waals surface area (Å²) in [4.78, 5) is 4.42. The Labute approximate surface area is 56.8 Å². The average molecular weight is 126 g/mol. The first-order valence-electron chi connectivity index (χ1n) is 3.38. The highest BCUT2D eigenvalue weighted by Gasteiger charge is 1.98. The molecule has 9 heavy (non-hydrogen) atoms. The lowest BCUT2D eigenvalue weighted by atomic mass is 10.4. The van der Waals surface area contributed by atoms with Crippen LogP contribution in [0.25, 0.3) is 0 Å². The highest BCUT2D eigenvalue weighted by atomic mass is 15.1. The van der Waals surface area contributed by atoms with Gasteiger partial charge in [0.15, 0.2) is 0 Å². The van der Waals surface area contributed by atoms with E-state index in [0.717, 1.165) is 0 Å². The van der Waals surface area contributed by atoms with Crippen molar-refractivity contribution in [1.29, 1.82) is 0 Å². The monoisotopic (exact) mass is 126 g/mol. The Morgan fingerprint density at radius 2 is 1.44 bits per heavy atom. The summed E-state index contributed by atoms with van der Waals surface area (Å²) in [5.74, 6) is 0. The molecular weight excluding hydrogens is 112 g/mol. The zero-order valence-corrected chi connectivity index (χ0v) is 6.17. The molecule has 0 fully saturated rings. The second-order valence-corrected chi connectivity index (χ2v) is 2.61. The predicted molar refractivity (Wildman–Crippen MR) is 39.0 cm³/mol. The molecule has 0 saturated heterocycles. The lowest BCUT2D eigenvalue weighted by molar-refractivity contribution is 0.420. The van der Waals surface area contributed by atoms with Gasteiger partial charge in [0.2, 0.25) is 0 Å². The van der Waals surface area contributed by atoms with E-state index in [1.54, 1.807) is 0 Å². The Hall–Kier alpha value is -0.660. The zero-order valence-electron chi connectivity index (χ0n) is 6.17. The first kappa shape index (κ1) is 6.46. The van der Waals surface area contributed by atoms with E-state index >= 15 is 0 Å². The van der Waals surface area contributed by atoms with Crippen molar-refractivity contribution in [3.05, 3.63) is 12.4 Å². The molecule has 1 aliphatic heterocycles. The van der Waals surface area contributed by atoms with Gasteiger partial charge in [0, 0.05) is 39.6 Å². The molecule has 52 valence electrons. The van der Waals surface area contributed by atoms with Crippen LogP contribution in [0.2, 0.25) is 0 Å². The second-order valence-electron chi connectivity index (χ2n) is 2.61. The van der Waals surface area contributed by atoms with Gasteiger partial charge in [-0.3, -0.25) is 0 Å². The number of hydrogen-bond acceptors (Lipinski definition) is 2. The molecule has 2 nitrogen and oxygen atoms in total. The quantitative estimate of drug-likeness (QED) is 0.472. The SMILES string of the molecule is CN1C=CN(C)CCC1. The Morgan fingerprint density at radius 3 is 1.89 bits per heavy atom. The van der Waals surface area contributed by atoms with E-state index in [-0.39, 0.29) is 0 Å². The van der Waals surface area contributed by atoms with Crippen LogP contribution in [-0.4, -0.2) is 37.0 Å². The van der Waals surface area contributed by atoms with Gasteiger partial charge in [0.05, 0.1) is 0 Å². The molecule has 0 atom stereocenters. The molecular formula is C7H14N2. The van der Waals surface area contributed by atoms with Crippen molar-refractivity contribution in [2.75, 3.05) is 27.2 Å². The standard InChI is InChI=1S/C7H14N2/c1-8-4-3-5-9(2)7-6-8/h6-7H,3-5H2,1-2H3. The normalized spacial score (nSPS) is 20.2. The molecule has 0 N–H and O–H groups in total. The van der Waals surface area contributed by atoms with Crippen LogP contribution >= 0.6 is 0 Å². The molecule has 0 spiro atoms. The van der Waals surface area contributed by atoms with E-state index in [9.17, 15) is 0 Å². The highest BCUT2D eigenvalue weighted by molar-refractivity contribution is 4.82. The maximum Gasteiger partial charge on any atom is 0.0186 e. The number of hydrogen-bond donors (Lipinski definition) is 0. The molecule has 1 aliphatic rings. The Bertz CT molecular complexity index is 97.5. The first-order chi connectivity index (χ1) is 4.29. The minimum atomic E-state index is 1.18. The van der Waals surface area contributed by atoms with E-state index in [0.29, 0.717) is 0 Å². The lowest BCUT2D eigenvalue weighted by Crippen LogP contribution is -2.13. The van der Waals surface area contributed by atoms with Crippen LogP contribution in [0, 0.1) is 0 Å². The van der Waals surface area contributed by atoms with Gasteiger partial charge in [-0.2, -0.15) is 0 Å². The smallest absolute Gasteiger partial charge is 0.0186 e. The minimum Gasteiger partial charge on any atom is -0.379 e. The third-order valence-corrected chi connectivity index (χ3v) is 1.60. The number of nitrogens with zero attached hydrogens (tertiary/aromatic N) is 2. The molecule has 0 amide bonds. The fourth-order valence-electron chi connectivity index (χ4n) is 0.946. The van der Waals surface area contributed by atoms with Gasteiger partial charge in [-0.15, -0.1) is 0 Å². The Morgan fingerprint density at radius 1 is 1.00 bits per heavy atom. The van der Waals surface area contributed by atoms with Crippen molar-refractivity contribution >= 4 is 0 Å². The zero-order chi connectivity index (χ0) is 6.69. The van der Waals surface area contributed by atoms with Gasteiger partial charge in [0.25, 0.3) is 0 Å². The molecule has 2 heteroatoms. The molecule has 0 unspecified atom stereocenters. The fraction of sp³-hybridized carbons (Fsp3) is 0.714. The average Bonchev–Trinajstić information content (AvgIpc) is 1.97. The van der Waals surface area contributed by atoms with Crippen molar-refractivity contribution in [2.24, 2.45) is 0 Å². The van der Waals surface area contributed by atoms with Crippen molar-refractivity contribution in [1.82, 2.24) is 9.80 Å². The summed E-state index contributed by atoms with van der Waals surface area (Å²) in [7, 11) is 4.21. The summed E-state index contributed by atoms with van der Waals surface area (Å²) in [6.45, 7) is 2.36. The fourth-order valence-corrected chi connectivity index (χ4v) is 0.946. The molecule has 0 saturated carbocycles. The molecule has 1 rings (SSSR count). The molecule has 0 aromatic carbocycles. The van der Waals surface area contributed by atoms with Gasteiger partial charge in [-0.25, -0.2) is 0 Å². The summed E-state index contributed by atoms with van der Waals surface area (Å²) in [5, 5.41) is 0. The van der Waals surface area contributed by atoms with Gasteiger partial charge in [0.1, 0.15) is 0 Å². The maximum absolute atomic E-state index is 2.21. The lowest BCUT2D eigenvalue weighted by Gasteiger charge is -2.09. The molecule has 1 heterocycles. The summed E-state index contributed by atoms with van der Waals surface area (Å²) in [6, 6.07) is 0. The van der Waals surface area contributed by atoms with E-state index in [4.69, 9.17) is 0 Å². The third kappa shape index (κ3) is 1.96. The largest absolute Gasteiger partial charge is 0.379 e. The van der Waals surface area contributed by atoms with Crippen molar-refractivity contribution < 1.29 is 0 Å². The third-order valence-electron chi connectivity index (χ3n) is 1.60. The summed E-state index contributed by atoms with van der Waals surface area (Å²) in [6.07, 6.45) is 5.50. The van der Waals surface area contributed by atoms with Crippen LogP contribution in [0.5, 0.6) is 0 Å². The highest BCUT2D eigenvalue weighted by Crippen LogP contribution is 1.98. The Kier molecular flexibility index (Phi) is 1.98. The Balaban J connectivity index is 2.43. The van der Waals surface area contributed by atoms with Crippen LogP contribution in [0.3, 0.4) is 0 Å². The minimum absolute atomic E-state index is 1.18. The molecule has 0 aromatic heterocycles. The predicted octanol–water partition coefficient (Wildman–Crippen LogP) is 0.725. The van der Waals surface area contributed by atoms with Crippen molar-refractivity contribution in [3.8, 4) is 0 Å². The summed E-state index contributed by atoms with van der Waals surface area (Å²) >= 11 is 0. The van der Waals surface area contributed by atoms with Gasteiger partial charge in [-0.05, 0) is 6.42 Å². The van der Waals surface area contributed by atoms with Crippen LogP contribution < -0.4 is 0 Å². The van der Waals surface area contributed by atoms with Crippen LogP contribution in [0.15, 0.2) is 12.4 Å². The summed E-state index contributed by atoms with van der Waals surface area (Å²) < 4.78 is 0. The van der Waals surface area contributed by atoms with Crippen molar-refractivity contribution in [3.63, 3.8) is 0 Å². The van der Waals surface area contributed by atoms with Gasteiger partial charge in [-0.1, -0.05) is 0 Å². The van der Waals surface area contributed by atoms with Crippen LogP contribution in [-0.2, 0) is 0 Å². The van der Waals surface area contributed by atoms with E-state index in [1.165, 1.54) is 19.5 Å². The second kappa shape index (κ2) is 2.76. The number of rotatable bonds is 0. The summed E-state index contributed by atoms with van der Waals surface area (Å²) in [5.41, 5.74) is 0. The van der Waals surface area contributed by atoms with E-state index in [1.807, 2.05) is 0 Å². The van der Waals surface area contributed by atoms with Crippen LogP contribution in [0.1, 0.15) is 6.42 Å². The molecule has 0 bridgehead atoms. The van der Waals surface area contributed by atoms with E-state index in [2.05, 4.69) is 36.3 Å². The van der Waals surface area contributed by atoms with Gasteiger partial charge >= 0.3 is 0 Å². The van der Waals surface area contributed by atoms with Crippen LogP contribution in [0.4, 0.5) is 0 Å². The molecule has 0 aliphatic carbocycles. The van der Waals surface area contributed by atoms with Crippen molar-refractivity contribution in [2.45, 2.75) is 6.42 Å². The maximum atomic E-state index is 2.21. The topological polar surface area (TPSA) is 6.48 Å². The molecule has 0 radical (unpaired) electrons.